The molecule has 0 saturated heterocycles. The van der Waals surface area contributed by atoms with Crippen LogP contribution in [0.3, 0.4) is 0 Å². The molecule has 1 aromatic heterocycles. The molecule has 130 valence electrons. The van der Waals surface area contributed by atoms with E-state index in [-0.39, 0.29) is 18.1 Å². The summed E-state index contributed by atoms with van der Waals surface area (Å²) in [5, 5.41) is 4.85. The number of amides is 3. The highest BCUT2D eigenvalue weighted by molar-refractivity contribution is 5.95. The standard InChI is InChI=1S/C16H21N3O5/c20-13(18-16(23)17-12-6-2-1-3-7-12)11-24-15(22)10-19-9-5-4-8-14(19)21/h4-5,8-9,12H,1-3,6-7,10-11H2,(H2,17,18,20,23). The van der Waals surface area contributed by atoms with Crippen molar-refractivity contribution in [3.8, 4) is 0 Å². The van der Waals surface area contributed by atoms with Gasteiger partial charge in [-0.2, -0.15) is 0 Å². The molecule has 1 aliphatic rings. The number of pyridine rings is 1. The van der Waals surface area contributed by atoms with E-state index in [0.717, 1.165) is 30.3 Å². The molecule has 1 aromatic rings. The summed E-state index contributed by atoms with van der Waals surface area (Å²) in [6, 6.07) is 3.98. The lowest BCUT2D eigenvalue weighted by Gasteiger charge is -2.22. The van der Waals surface area contributed by atoms with Crippen molar-refractivity contribution >= 4 is 17.9 Å². The summed E-state index contributed by atoms with van der Waals surface area (Å²) in [6.45, 7) is -0.861. The predicted molar refractivity (Wildman–Crippen MR) is 85.2 cm³/mol. The fourth-order valence-corrected chi connectivity index (χ4v) is 2.55. The first-order chi connectivity index (χ1) is 11.5. The average Bonchev–Trinajstić information content (AvgIpc) is 2.56. The molecule has 1 saturated carbocycles. The number of hydrogen-bond acceptors (Lipinski definition) is 5. The van der Waals surface area contributed by atoms with Crippen LogP contribution in [0.4, 0.5) is 4.79 Å². The van der Waals surface area contributed by atoms with Crippen LogP contribution in [0.1, 0.15) is 32.1 Å². The highest BCUT2D eigenvalue weighted by atomic mass is 16.5. The van der Waals surface area contributed by atoms with Crippen molar-refractivity contribution in [1.29, 1.82) is 0 Å². The Balaban J connectivity index is 1.68. The number of carbonyl (C=O) groups is 3. The molecule has 24 heavy (non-hydrogen) atoms. The van der Waals surface area contributed by atoms with Crippen molar-refractivity contribution in [2.24, 2.45) is 0 Å². The van der Waals surface area contributed by atoms with Crippen molar-refractivity contribution in [1.82, 2.24) is 15.2 Å². The van der Waals surface area contributed by atoms with E-state index in [1.54, 1.807) is 12.1 Å². The molecule has 0 bridgehead atoms. The first kappa shape index (κ1) is 17.7. The molecule has 8 nitrogen and oxygen atoms in total. The molecule has 0 radical (unpaired) electrons. The summed E-state index contributed by atoms with van der Waals surface area (Å²) >= 11 is 0. The molecule has 0 unspecified atom stereocenters. The summed E-state index contributed by atoms with van der Waals surface area (Å²) in [5.74, 6) is -1.44. The van der Waals surface area contributed by atoms with Crippen molar-refractivity contribution in [3.63, 3.8) is 0 Å². The van der Waals surface area contributed by atoms with Crippen molar-refractivity contribution in [3.05, 3.63) is 34.7 Å². The number of carbonyl (C=O) groups excluding carboxylic acids is 3. The van der Waals surface area contributed by atoms with Crippen LogP contribution in [0.5, 0.6) is 0 Å². The summed E-state index contributed by atoms with van der Waals surface area (Å²) in [5.41, 5.74) is -0.342. The molecule has 0 aliphatic heterocycles. The molecule has 3 amide bonds. The van der Waals surface area contributed by atoms with Gasteiger partial charge < -0.3 is 14.6 Å². The minimum absolute atomic E-state index is 0.0825. The van der Waals surface area contributed by atoms with Crippen LogP contribution >= 0.6 is 0 Å². The van der Waals surface area contributed by atoms with Gasteiger partial charge in [0.2, 0.25) is 0 Å². The zero-order valence-corrected chi connectivity index (χ0v) is 13.3. The smallest absolute Gasteiger partial charge is 0.326 e. The van der Waals surface area contributed by atoms with E-state index in [0.29, 0.717) is 0 Å². The number of nitrogens with one attached hydrogen (secondary N) is 2. The Morgan fingerprint density at radius 3 is 2.62 bits per heavy atom. The lowest BCUT2D eigenvalue weighted by atomic mass is 9.96. The minimum Gasteiger partial charge on any atom is -0.454 e. The number of imide groups is 1. The van der Waals surface area contributed by atoms with Crippen molar-refractivity contribution in [2.75, 3.05) is 6.61 Å². The van der Waals surface area contributed by atoms with Crippen LogP contribution < -0.4 is 16.2 Å². The monoisotopic (exact) mass is 335 g/mol. The quantitative estimate of drug-likeness (QED) is 0.764. The molecule has 2 rings (SSSR count). The number of esters is 1. The molecule has 1 aliphatic carbocycles. The Bertz CT molecular complexity index is 649. The zero-order chi connectivity index (χ0) is 17.4. The van der Waals surface area contributed by atoms with Gasteiger partial charge in [0.05, 0.1) is 0 Å². The normalized spacial score (nSPS) is 14.7. The predicted octanol–water partition coefficient (Wildman–Crippen LogP) is 0.550. The largest absolute Gasteiger partial charge is 0.454 e. The highest BCUT2D eigenvalue weighted by Gasteiger charge is 2.17. The van der Waals surface area contributed by atoms with Gasteiger partial charge in [-0.25, -0.2) is 4.79 Å². The summed E-state index contributed by atoms with van der Waals surface area (Å²) in [6.07, 6.45) is 6.55. The van der Waals surface area contributed by atoms with E-state index in [2.05, 4.69) is 10.6 Å². The molecule has 8 heteroatoms. The minimum atomic E-state index is -0.730. The number of hydrogen-bond donors (Lipinski definition) is 2. The van der Waals surface area contributed by atoms with Gasteiger partial charge in [-0.15, -0.1) is 0 Å². The number of nitrogens with zero attached hydrogens (tertiary/aromatic N) is 1. The molecule has 0 spiro atoms. The van der Waals surface area contributed by atoms with Crippen LogP contribution in [0.25, 0.3) is 0 Å². The average molecular weight is 335 g/mol. The zero-order valence-electron chi connectivity index (χ0n) is 13.3. The number of ether oxygens (including phenoxy) is 1. The molecule has 0 atom stereocenters. The second-order valence-electron chi connectivity index (χ2n) is 5.68. The second kappa shape index (κ2) is 8.85. The topological polar surface area (TPSA) is 106 Å². The summed E-state index contributed by atoms with van der Waals surface area (Å²) in [7, 11) is 0. The third-order valence-corrected chi connectivity index (χ3v) is 3.76. The Morgan fingerprint density at radius 1 is 1.17 bits per heavy atom. The third-order valence-electron chi connectivity index (χ3n) is 3.76. The van der Waals surface area contributed by atoms with E-state index in [9.17, 15) is 19.2 Å². The van der Waals surface area contributed by atoms with Crippen LogP contribution in [0, 0.1) is 0 Å². The molecular weight excluding hydrogens is 314 g/mol. The highest BCUT2D eigenvalue weighted by Crippen LogP contribution is 2.17. The van der Waals surface area contributed by atoms with Gasteiger partial charge in [0.1, 0.15) is 6.54 Å². The van der Waals surface area contributed by atoms with Gasteiger partial charge in [-0.1, -0.05) is 25.3 Å². The van der Waals surface area contributed by atoms with E-state index >= 15 is 0 Å². The van der Waals surface area contributed by atoms with Gasteiger partial charge in [-0.05, 0) is 18.9 Å². The number of urea groups is 1. The number of aromatic nitrogens is 1. The SMILES string of the molecule is O=C(COC(=O)Cn1ccccc1=O)NC(=O)NC1CCCCC1. The van der Waals surface area contributed by atoms with Crippen LogP contribution in [0.2, 0.25) is 0 Å². The molecule has 2 N–H and O–H groups in total. The summed E-state index contributed by atoms with van der Waals surface area (Å²) < 4.78 is 5.93. The fraction of sp³-hybridized carbons (Fsp3) is 0.500. The van der Waals surface area contributed by atoms with Gasteiger partial charge in [-0.3, -0.25) is 19.7 Å². The fourth-order valence-electron chi connectivity index (χ4n) is 2.55. The first-order valence-electron chi connectivity index (χ1n) is 7.96. The Labute approximate surface area is 139 Å². The Kier molecular flexibility index (Phi) is 6.53. The molecule has 1 heterocycles. The van der Waals surface area contributed by atoms with Crippen LogP contribution in [-0.4, -0.2) is 35.1 Å². The van der Waals surface area contributed by atoms with Crippen molar-refractivity contribution < 1.29 is 19.1 Å². The van der Waals surface area contributed by atoms with Crippen LogP contribution in [-0.2, 0) is 20.9 Å². The van der Waals surface area contributed by atoms with E-state index in [1.807, 2.05) is 0 Å². The molecule has 1 fully saturated rings. The van der Waals surface area contributed by atoms with Gasteiger partial charge >= 0.3 is 12.0 Å². The van der Waals surface area contributed by atoms with Gasteiger partial charge in [0.15, 0.2) is 6.61 Å². The van der Waals surface area contributed by atoms with Crippen LogP contribution in [0.15, 0.2) is 29.2 Å². The van der Waals surface area contributed by atoms with E-state index < -0.39 is 24.5 Å². The van der Waals surface area contributed by atoms with Gasteiger partial charge in [0, 0.05) is 18.3 Å². The second-order valence-corrected chi connectivity index (χ2v) is 5.68. The Morgan fingerprint density at radius 2 is 1.92 bits per heavy atom. The molecular formula is C16H21N3O5. The number of rotatable bonds is 5. The maximum absolute atomic E-state index is 11.7. The Hall–Kier alpha value is -2.64. The maximum atomic E-state index is 11.7. The lowest BCUT2D eigenvalue weighted by Crippen LogP contribution is -2.46. The lowest BCUT2D eigenvalue weighted by molar-refractivity contribution is -0.148. The van der Waals surface area contributed by atoms with Gasteiger partial charge in [0.25, 0.3) is 11.5 Å². The van der Waals surface area contributed by atoms with E-state index in [4.69, 9.17) is 4.74 Å². The summed E-state index contributed by atoms with van der Waals surface area (Å²) in [4.78, 5) is 46.3. The third kappa shape index (κ3) is 5.86. The van der Waals surface area contributed by atoms with Crippen molar-refractivity contribution in [2.45, 2.75) is 44.7 Å². The molecule has 0 aromatic carbocycles. The van der Waals surface area contributed by atoms with E-state index in [1.165, 1.54) is 18.7 Å². The first-order valence-corrected chi connectivity index (χ1v) is 7.96. The maximum Gasteiger partial charge on any atom is 0.326 e.